The molecule has 96 valence electrons. The van der Waals surface area contributed by atoms with Crippen LogP contribution in [0.2, 0.25) is 0 Å². The van der Waals surface area contributed by atoms with Gasteiger partial charge in [-0.15, -0.1) is 0 Å². The van der Waals surface area contributed by atoms with E-state index in [0.29, 0.717) is 16.7 Å². The normalized spacial score (nSPS) is 24.0. The predicted molar refractivity (Wildman–Crippen MR) is 74.7 cm³/mol. The van der Waals surface area contributed by atoms with E-state index in [1.807, 2.05) is 0 Å². The summed E-state index contributed by atoms with van der Waals surface area (Å²) in [5.74, 6) is 0.932. The fourth-order valence-electron chi connectivity index (χ4n) is 2.81. The third kappa shape index (κ3) is 2.18. The minimum Gasteiger partial charge on any atom is -0.388 e. The number of anilines is 1. The second-order valence-electron chi connectivity index (χ2n) is 4.90. The van der Waals surface area contributed by atoms with Gasteiger partial charge in [0.25, 0.3) is 0 Å². The van der Waals surface area contributed by atoms with Crippen LogP contribution < -0.4 is 10.6 Å². The molecule has 0 aliphatic carbocycles. The van der Waals surface area contributed by atoms with Gasteiger partial charge in [0, 0.05) is 25.7 Å². The topological polar surface area (TPSA) is 58.3 Å². The van der Waals surface area contributed by atoms with Crippen molar-refractivity contribution < 1.29 is 0 Å². The lowest BCUT2D eigenvalue weighted by Gasteiger charge is -2.37. The van der Waals surface area contributed by atoms with E-state index in [1.165, 1.54) is 19.4 Å². The second kappa shape index (κ2) is 4.78. The number of hydrogen-bond acceptors (Lipinski definition) is 5. The number of aromatic nitrogens is 2. The van der Waals surface area contributed by atoms with E-state index in [1.54, 1.807) is 12.4 Å². The first kappa shape index (κ1) is 11.8. The average Bonchev–Trinajstić information content (AvgIpc) is 2.86. The van der Waals surface area contributed by atoms with E-state index < -0.39 is 0 Å². The monoisotopic (exact) mass is 263 g/mol. The zero-order chi connectivity index (χ0) is 12.5. The molecule has 2 aliphatic rings. The molecule has 1 aromatic heterocycles. The number of fused-ring (bicyclic) bond motifs is 1. The molecule has 1 atom stereocenters. The van der Waals surface area contributed by atoms with Crippen molar-refractivity contribution in [1.29, 1.82) is 0 Å². The summed E-state index contributed by atoms with van der Waals surface area (Å²) in [6.07, 6.45) is 6.07. The maximum atomic E-state index is 5.52. The molecule has 5 nitrogen and oxygen atoms in total. The van der Waals surface area contributed by atoms with Gasteiger partial charge in [-0.25, -0.2) is 9.97 Å². The van der Waals surface area contributed by atoms with Crippen molar-refractivity contribution in [2.24, 2.45) is 5.73 Å². The Hall–Kier alpha value is -1.27. The lowest BCUT2D eigenvalue weighted by molar-refractivity contribution is 0.230. The number of piperazine rings is 1. The molecular weight excluding hydrogens is 246 g/mol. The summed E-state index contributed by atoms with van der Waals surface area (Å²) in [6.45, 7) is 4.46. The van der Waals surface area contributed by atoms with Gasteiger partial charge in [-0.3, -0.25) is 4.90 Å². The van der Waals surface area contributed by atoms with E-state index in [2.05, 4.69) is 19.8 Å². The van der Waals surface area contributed by atoms with Crippen molar-refractivity contribution in [2.75, 3.05) is 31.1 Å². The third-order valence-electron chi connectivity index (χ3n) is 3.80. The Labute approximate surface area is 112 Å². The van der Waals surface area contributed by atoms with Gasteiger partial charge in [0.05, 0.1) is 12.4 Å². The Morgan fingerprint density at radius 2 is 2.17 bits per heavy atom. The number of nitrogens with two attached hydrogens (primary N) is 1. The first-order chi connectivity index (χ1) is 8.74. The molecule has 2 saturated heterocycles. The van der Waals surface area contributed by atoms with Gasteiger partial charge in [-0.2, -0.15) is 0 Å². The number of nitrogens with zero attached hydrogens (tertiary/aromatic N) is 4. The maximum absolute atomic E-state index is 5.52. The molecule has 0 spiro atoms. The largest absolute Gasteiger partial charge is 0.388 e. The summed E-state index contributed by atoms with van der Waals surface area (Å²) in [7, 11) is 0. The van der Waals surface area contributed by atoms with E-state index in [4.69, 9.17) is 18.0 Å². The van der Waals surface area contributed by atoms with Crippen LogP contribution in [0, 0.1) is 0 Å². The van der Waals surface area contributed by atoms with Gasteiger partial charge in [0.1, 0.15) is 16.5 Å². The minimum absolute atomic E-state index is 0.301. The lowest BCUT2D eigenvalue weighted by atomic mass is 10.1. The van der Waals surface area contributed by atoms with Crippen molar-refractivity contribution in [3.63, 3.8) is 0 Å². The molecule has 1 aromatic rings. The summed E-state index contributed by atoms with van der Waals surface area (Å²) >= 11 is 4.88. The molecule has 0 radical (unpaired) electrons. The van der Waals surface area contributed by atoms with Crippen LogP contribution in [0.4, 0.5) is 5.82 Å². The summed E-state index contributed by atoms with van der Waals surface area (Å²) in [6, 6.07) is 0.691. The molecular formula is C12H17N5S. The summed E-state index contributed by atoms with van der Waals surface area (Å²) in [5, 5.41) is 0. The molecule has 6 heteroatoms. The number of hydrogen-bond donors (Lipinski definition) is 1. The molecule has 0 aromatic carbocycles. The van der Waals surface area contributed by atoms with E-state index in [9.17, 15) is 0 Å². The number of thiocarbonyl (C=S) groups is 1. The molecule has 2 aliphatic heterocycles. The maximum Gasteiger partial charge on any atom is 0.147 e. The standard InChI is InChI=1S/C12H17N5S/c13-12(18)10-6-15-11(7-14-10)17-5-4-16-3-1-2-9(16)8-17/h6-7,9H,1-5,8H2,(H2,13,18). The zero-order valence-electron chi connectivity index (χ0n) is 10.2. The zero-order valence-corrected chi connectivity index (χ0v) is 11.1. The Bertz CT molecular complexity index is 446. The summed E-state index contributed by atoms with van der Waals surface area (Å²) in [4.78, 5) is 13.9. The Balaban J connectivity index is 1.73. The van der Waals surface area contributed by atoms with Gasteiger partial charge < -0.3 is 10.6 Å². The molecule has 18 heavy (non-hydrogen) atoms. The number of rotatable bonds is 2. The van der Waals surface area contributed by atoms with Gasteiger partial charge >= 0.3 is 0 Å². The van der Waals surface area contributed by atoms with Gasteiger partial charge in [-0.1, -0.05) is 12.2 Å². The molecule has 3 rings (SSSR count). The Morgan fingerprint density at radius 1 is 1.28 bits per heavy atom. The van der Waals surface area contributed by atoms with Crippen LogP contribution in [0.5, 0.6) is 0 Å². The van der Waals surface area contributed by atoms with Crippen molar-refractivity contribution in [3.05, 3.63) is 18.1 Å². The minimum atomic E-state index is 0.301. The van der Waals surface area contributed by atoms with Crippen LogP contribution in [0.1, 0.15) is 18.5 Å². The van der Waals surface area contributed by atoms with Gasteiger partial charge in [0.2, 0.25) is 0 Å². The highest BCUT2D eigenvalue weighted by molar-refractivity contribution is 7.80. The molecule has 0 amide bonds. The van der Waals surface area contributed by atoms with Crippen molar-refractivity contribution in [3.8, 4) is 0 Å². The predicted octanol–water partition coefficient (Wildman–Crippen LogP) is 0.395. The van der Waals surface area contributed by atoms with Crippen LogP contribution >= 0.6 is 12.2 Å². The first-order valence-electron chi connectivity index (χ1n) is 6.35. The molecule has 2 fully saturated rings. The smallest absolute Gasteiger partial charge is 0.147 e. The fraction of sp³-hybridized carbons (Fsp3) is 0.583. The molecule has 0 bridgehead atoms. The van der Waals surface area contributed by atoms with Crippen molar-refractivity contribution in [2.45, 2.75) is 18.9 Å². The lowest BCUT2D eigenvalue weighted by Crippen LogP contribution is -2.50. The third-order valence-corrected chi connectivity index (χ3v) is 4.01. The average molecular weight is 263 g/mol. The van der Waals surface area contributed by atoms with E-state index in [-0.39, 0.29) is 0 Å². The summed E-state index contributed by atoms with van der Waals surface area (Å²) in [5.41, 5.74) is 6.11. The molecule has 0 saturated carbocycles. The Morgan fingerprint density at radius 3 is 2.89 bits per heavy atom. The van der Waals surface area contributed by atoms with Crippen LogP contribution in [0.25, 0.3) is 0 Å². The van der Waals surface area contributed by atoms with E-state index in [0.717, 1.165) is 25.5 Å². The van der Waals surface area contributed by atoms with E-state index >= 15 is 0 Å². The van der Waals surface area contributed by atoms with Crippen LogP contribution in [0.3, 0.4) is 0 Å². The summed E-state index contributed by atoms with van der Waals surface area (Å²) < 4.78 is 0. The van der Waals surface area contributed by atoms with Gasteiger partial charge in [-0.05, 0) is 19.4 Å². The molecule has 2 N–H and O–H groups in total. The highest BCUT2D eigenvalue weighted by Crippen LogP contribution is 2.23. The second-order valence-corrected chi connectivity index (χ2v) is 5.34. The molecule has 3 heterocycles. The quantitative estimate of drug-likeness (QED) is 0.779. The Kier molecular flexibility index (Phi) is 3.13. The fourth-order valence-corrected chi connectivity index (χ4v) is 2.92. The molecule has 1 unspecified atom stereocenters. The van der Waals surface area contributed by atoms with Gasteiger partial charge in [0.15, 0.2) is 0 Å². The van der Waals surface area contributed by atoms with Crippen LogP contribution in [0.15, 0.2) is 12.4 Å². The van der Waals surface area contributed by atoms with Crippen LogP contribution in [-0.4, -0.2) is 52.1 Å². The van der Waals surface area contributed by atoms with Crippen molar-refractivity contribution in [1.82, 2.24) is 14.9 Å². The highest BCUT2D eigenvalue weighted by Gasteiger charge is 2.30. The first-order valence-corrected chi connectivity index (χ1v) is 6.76. The van der Waals surface area contributed by atoms with Crippen LogP contribution in [-0.2, 0) is 0 Å². The van der Waals surface area contributed by atoms with Crippen molar-refractivity contribution >= 4 is 23.0 Å². The SMILES string of the molecule is NC(=S)c1cnc(N2CCN3CCCC3C2)cn1. The highest BCUT2D eigenvalue weighted by atomic mass is 32.1.